The summed E-state index contributed by atoms with van der Waals surface area (Å²) in [5.74, 6) is -1.26. The second-order valence-corrected chi connectivity index (χ2v) is 10.9. The van der Waals surface area contributed by atoms with E-state index >= 15 is 4.39 Å². The van der Waals surface area contributed by atoms with E-state index in [2.05, 4.69) is 10.4 Å². The quantitative estimate of drug-likeness (QED) is 0.356. The van der Waals surface area contributed by atoms with Gasteiger partial charge in [0.25, 0.3) is 5.91 Å². The SMILES string of the molecule is CNC(=O)c1ccc2nc(-c3cc(F)c4cnn(C5CCCCO5)c4c3)n([C@@H](CC(=O)O)C(C)(C)C)c2c1. The molecule has 38 heavy (non-hydrogen) atoms. The number of halogens is 1. The highest BCUT2D eigenvalue weighted by atomic mass is 19.1. The third kappa shape index (κ3) is 4.64. The van der Waals surface area contributed by atoms with Crippen LogP contribution in [0.25, 0.3) is 33.3 Å². The van der Waals surface area contributed by atoms with Crippen LogP contribution in [0.5, 0.6) is 0 Å². The Morgan fingerprint density at radius 1 is 1.21 bits per heavy atom. The van der Waals surface area contributed by atoms with Gasteiger partial charge in [0.15, 0.2) is 6.23 Å². The van der Waals surface area contributed by atoms with Crippen molar-refractivity contribution in [2.45, 2.75) is 58.7 Å². The van der Waals surface area contributed by atoms with Crippen LogP contribution in [0.3, 0.4) is 0 Å². The van der Waals surface area contributed by atoms with Gasteiger partial charge in [-0.3, -0.25) is 9.59 Å². The number of amides is 1. The van der Waals surface area contributed by atoms with E-state index in [-0.39, 0.29) is 18.6 Å². The molecule has 9 nitrogen and oxygen atoms in total. The van der Waals surface area contributed by atoms with Gasteiger partial charge in [0.1, 0.15) is 11.6 Å². The van der Waals surface area contributed by atoms with Crippen LogP contribution in [0.15, 0.2) is 36.5 Å². The van der Waals surface area contributed by atoms with E-state index < -0.39 is 23.2 Å². The van der Waals surface area contributed by atoms with Crippen LogP contribution < -0.4 is 5.32 Å². The Kier molecular flexibility index (Phi) is 6.68. The lowest BCUT2D eigenvalue weighted by Gasteiger charge is -2.32. The number of nitrogens with one attached hydrogen (secondary N) is 1. The molecule has 3 heterocycles. The van der Waals surface area contributed by atoms with E-state index in [0.717, 1.165) is 19.3 Å². The number of hydrogen-bond acceptors (Lipinski definition) is 5. The predicted molar refractivity (Wildman–Crippen MR) is 141 cm³/mol. The number of aromatic nitrogens is 4. The van der Waals surface area contributed by atoms with Crippen molar-refractivity contribution in [3.63, 3.8) is 0 Å². The number of rotatable bonds is 6. The summed E-state index contributed by atoms with van der Waals surface area (Å²) in [6.45, 7) is 6.49. The van der Waals surface area contributed by atoms with Crippen molar-refractivity contribution in [1.29, 1.82) is 0 Å². The van der Waals surface area contributed by atoms with Gasteiger partial charge in [-0.15, -0.1) is 0 Å². The first kappa shape index (κ1) is 25.8. The van der Waals surface area contributed by atoms with E-state index in [9.17, 15) is 14.7 Å². The first-order valence-electron chi connectivity index (χ1n) is 12.8. The molecule has 2 atom stereocenters. The lowest BCUT2D eigenvalue weighted by molar-refractivity contribution is -0.138. The summed E-state index contributed by atoms with van der Waals surface area (Å²) in [7, 11) is 1.55. The Hall–Kier alpha value is -3.79. The molecule has 1 amide bonds. The normalized spacial score (nSPS) is 17.1. The summed E-state index contributed by atoms with van der Waals surface area (Å²) in [6.07, 6.45) is 3.82. The fraction of sp³-hybridized carbons (Fsp3) is 0.429. The average molecular weight is 522 g/mol. The van der Waals surface area contributed by atoms with E-state index in [1.54, 1.807) is 29.9 Å². The second-order valence-electron chi connectivity index (χ2n) is 10.9. The lowest BCUT2D eigenvalue weighted by Crippen LogP contribution is -2.27. The molecule has 2 aromatic carbocycles. The van der Waals surface area contributed by atoms with E-state index in [0.29, 0.717) is 45.5 Å². The van der Waals surface area contributed by atoms with Crippen molar-refractivity contribution in [1.82, 2.24) is 24.6 Å². The highest BCUT2D eigenvalue weighted by Crippen LogP contribution is 2.41. The standard InChI is InChI=1S/C28H32FN5O4/c1-28(2,3)23(14-25(35)36)33-22-12-16(27(37)30-4)8-9-20(22)32-26(33)17-11-19(29)18-15-31-34(21(18)13-17)24-7-5-6-10-38-24/h8-9,11-13,15,23-24H,5-7,10,14H2,1-4H3,(H,30,37)(H,35,36)/t23-,24?/m0/s1. The Labute approximate surface area is 219 Å². The molecule has 0 saturated carbocycles. The number of benzene rings is 2. The molecular weight excluding hydrogens is 489 g/mol. The first-order valence-corrected chi connectivity index (χ1v) is 12.8. The molecule has 0 radical (unpaired) electrons. The maximum Gasteiger partial charge on any atom is 0.305 e. The largest absolute Gasteiger partial charge is 0.481 e. The fourth-order valence-electron chi connectivity index (χ4n) is 5.23. The monoisotopic (exact) mass is 521 g/mol. The van der Waals surface area contributed by atoms with Gasteiger partial charge in [-0.1, -0.05) is 20.8 Å². The maximum absolute atomic E-state index is 15.5. The van der Waals surface area contributed by atoms with Crippen molar-refractivity contribution in [2.24, 2.45) is 5.41 Å². The zero-order valence-electron chi connectivity index (χ0n) is 22.0. The molecule has 2 aromatic heterocycles. The van der Waals surface area contributed by atoms with Gasteiger partial charge in [0.05, 0.1) is 40.6 Å². The molecule has 0 aliphatic carbocycles. The van der Waals surface area contributed by atoms with Crippen LogP contribution >= 0.6 is 0 Å². The van der Waals surface area contributed by atoms with Gasteiger partial charge in [0, 0.05) is 24.8 Å². The molecule has 0 bridgehead atoms. The Morgan fingerprint density at radius 3 is 2.66 bits per heavy atom. The number of hydrogen-bond donors (Lipinski definition) is 2. The van der Waals surface area contributed by atoms with Crippen molar-refractivity contribution >= 4 is 33.8 Å². The van der Waals surface area contributed by atoms with E-state index in [1.165, 1.54) is 12.3 Å². The number of carboxylic acid groups (broad SMARTS) is 1. The fourth-order valence-corrected chi connectivity index (χ4v) is 5.23. The van der Waals surface area contributed by atoms with E-state index in [1.807, 2.05) is 31.4 Å². The molecule has 10 heteroatoms. The minimum absolute atomic E-state index is 0.176. The molecular formula is C28H32FN5O4. The van der Waals surface area contributed by atoms with Gasteiger partial charge in [0.2, 0.25) is 0 Å². The molecule has 0 spiro atoms. The lowest BCUT2D eigenvalue weighted by atomic mass is 9.84. The summed E-state index contributed by atoms with van der Waals surface area (Å²) in [6, 6.07) is 7.82. The number of carbonyl (C=O) groups excluding carboxylic acids is 1. The summed E-state index contributed by atoms with van der Waals surface area (Å²) in [5.41, 5.74) is 2.19. The Balaban J connectivity index is 1.77. The topological polar surface area (TPSA) is 111 Å². The third-order valence-electron chi connectivity index (χ3n) is 7.21. The number of carboxylic acids is 1. The zero-order chi connectivity index (χ0) is 27.2. The predicted octanol–water partition coefficient (Wildman–Crippen LogP) is 5.31. The minimum Gasteiger partial charge on any atom is -0.481 e. The first-order chi connectivity index (χ1) is 18.1. The zero-order valence-corrected chi connectivity index (χ0v) is 22.0. The number of imidazole rings is 1. The number of ether oxygens (including phenoxy) is 1. The number of carbonyl (C=O) groups is 2. The highest BCUT2D eigenvalue weighted by molar-refractivity contribution is 5.98. The highest BCUT2D eigenvalue weighted by Gasteiger charge is 2.33. The van der Waals surface area contributed by atoms with Crippen molar-refractivity contribution in [3.8, 4) is 11.4 Å². The number of nitrogens with zero attached hydrogens (tertiary/aromatic N) is 4. The van der Waals surface area contributed by atoms with Crippen molar-refractivity contribution < 1.29 is 23.8 Å². The minimum atomic E-state index is -0.964. The number of aliphatic carboxylic acids is 1. The van der Waals surface area contributed by atoms with Gasteiger partial charge in [-0.05, 0) is 55.0 Å². The van der Waals surface area contributed by atoms with Crippen LogP contribution in [0, 0.1) is 11.2 Å². The van der Waals surface area contributed by atoms with Gasteiger partial charge in [-0.25, -0.2) is 14.1 Å². The van der Waals surface area contributed by atoms with Crippen LogP contribution in [0.1, 0.15) is 69.1 Å². The van der Waals surface area contributed by atoms with Crippen molar-refractivity contribution in [2.75, 3.05) is 13.7 Å². The summed E-state index contributed by atoms with van der Waals surface area (Å²) in [4.78, 5) is 29.3. The summed E-state index contributed by atoms with van der Waals surface area (Å²) in [5, 5.41) is 17.3. The molecule has 1 saturated heterocycles. The van der Waals surface area contributed by atoms with Crippen LogP contribution in [0.2, 0.25) is 0 Å². The van der Waals surface area contributed by atoms with Crippen molar-refractivity contribution in [3.05, 3.63) is 47.9 Å². The molecule has 1 aliphatic rings. The Morgan fingerprint density at radius 2 is 2.00 bits per heavy atom. The molecule has 200 valence electrons. The van der Waals surface area contributed by atoms with Crippen LogP contribution in [-0.2, 0) is 9.53 Å². The van der Waals surface area contributed by atoms with Gasteiger partial charge < -0.3 is 19.7 Å². The smallest absolute Gasteiger partial charge is 0.305 e. The maximum atomic E-state index is 15.5. The van der Waals surface area contributed by atoms with Crippen LogP contribution in [0.4, 0.5) is 4.39 Å². The second kappa shape index (κ2) is 9.83. The molecule has 2 N–H and O–H groups in total. The van der Waals surface area contributed by atoms with Gasteiger partial charge >= 0.3 is 5.97 Å². The molecule has 5 rings (SSSR count). The van der Waals surface area contributed by atoms with E-state index in [4.69, 9.17) is 9.72 Å². The van der Waals surface area contributed by atoms with Crippen LogP contribution in [-0.4, -0.2) is 50.0 Å². The molecule has 1 aliphatic heterocycles. The number of fused-ring (bicyclic) bond motifs is 2. The van der Waals surface area contributed by atoms with Gasteiger partial charge in [-0.2, -0.15) is 5.10 Å². The third-order valence-corrected chi connectivity index (χ3v) is 7.21. The summed E-state index contributed by atoms with van der Waals surface area (Å²) < 4.78 is 25.0. The summed E-state index contributed by atoms with van der Waals surface area (Å²) >= 11 is 0. The molecule has 4 aromatic rings. The average Bonchev–Trinajstić information content (AvgIpc) is 3.48. The molecule has 1 unspecified atom stereocenters. The Bertz CT molecular complexity index is 1530. The molecule has 1 fully saturated rings.